The third-order valence-corrected chi connectivity index (χ3v) is 5.50. The third kappa shape index (κ3) is 8.36. The Balaban J connectivity index is 2.06. The Hall–Kier alpha value is -2.92. The molecule has 1 aliphatic heterocycles. The second-order valence-electron chi connectivity index (χ2n) is 9.58. The van der Waals surface area contributed by atoms with Crippen LogP contribution in [0.5, 0.6) is 5.75 Å². The lowest BCUT2D eigenvalue weighted by molar-refractivity contribution is -0.141. The first-order valence-corrected chi connectivity index (χ1v) is 11.4. The van der Waals surface area contributed by atoms with Gasteiger partial charge in [-0.2, -0.15) is 0 Å². The highest BCUT2D eigenvalue weighted by molar-refractivity contribution is 5.90. The maximum absolute atomic E-state index is 13.4. The molecule has 1 aliphatic rings. The SMILES string of the molecule is CO[C@H](C)[C@H](NC(=O)CN(C)C(=O)OC(C)(C)C)C(=O)N1C[C@@H](Oc2ccc(F)cc2)C[C@H]1CO. The van der Waals surface area contributed by atoms with Crippen LogP contribution in [0.3, 0.4) is 0 Å². The van der Waals surface area contributed by atoms with E-state index in [0.717, 1.165) is 4.90 Å². The van der Waals surface area contributed by atoms with Crippen LogP contribution < -0.4 is 10.1 Å². The molecular formula is C24H36FN3O7. The Kier molecular flexibility index (Phi) is 9.84. The summed E-state index contributed by atoms with van der Waals surface area (Å²) in [7, 11) is 2.84. The Morgan fingerprint density at radius 2 is 1.89 bits per heavy atom. The molecule has 2 rings (SSSR count). The minimum absolute atomic E-state index is 0.169. The molecule has 1 fully saturated rings. The topological polar surface area (TPSA) is 118 Å². The van der Waals surface area contributed by atoms with Crippen molar-refractivity contribution in [1.29, 1.82) is 0 Å². The molecule has 0 aromatic heterocycles. The normalized spacial score (nSPS) is 19.6. The monoisotopic (exact) mass is 497 g/mol. The molecule has 4 atom stereocenters. The van der Waals surface area contributed by atoms with Crippen LogP contribution in [0.1, 0.15) is 34.1 Å². The van der Waals surface area contributed by atoms with E-state index >= 15 is 0 Å². The van der Waals surface area contributed by atoms with Crippen molar-refractivity contribution in [2.45, 2.75) is 64.0 Å². The molecule has 11 heteroatoms. The van der Waals surface area contributed by atoms with Crippen LogP contribution in [-0.2, 0) is 19.1 Å². The van der Waals surface area contributed by atoms with Gasteiger partial charge in [0.25, 0.3) is 0 Å². The summed E-state index contributed by atoms with van der Waals surface area (Å²) >= 11 is 0. The second kappa shape index (κ2) is 12.2. The zero-order valence-electron chi connectivity index (χ0n) is 21.1. The standard InChI is InChI=1S/C24H36FN3O7/c1-15(33-6)21(26-20(30)13-27(5)23(32)35-24(2,3)4)22(31)28-12-19(11-17(28)14-29)34-18-9-7-16(25)8-10-18/h7-10,15,17,19,21,29H,11-14H2,1-6H3,(H,26,30)/t15-,17+,19+,21+/m1/s1. The molecule has 0 aliphatic carbocycles. The second-order valence-corrected chi connectivity index (χ2v) is 9.58. The highest BCUT2D eigenvalue weighted by Crippen LogP contribution is 2.24. The fraction of sp³-hybridized carbons (Fsp3) is 0.625. The number of benzene rings is 1. The fourth-order valence-corrected chi connectivity index (χ4v) is 3.64. The van der Waals surface area contributed by atoms with Crippen LogP contribution in [-0.4, -0.2) is 96.6 Å². The van der Waals surface area contributed by atoms with Crippen LogP contribution >= 0.6 is 0 Å². The molecule has 35 heavy (non-hydrogen) atoms. The molecule has 196 valence electrons. The van der Waals surface area contributed by atoms with Crippen molar-refractivity contribution in [2.24, 2.45) is 0 Å². The fourth-order valence-electron chi connectivity index (χ4n) is 3.64. The number of likely N-dealkylation sites (tertiary alicyclic amines) is 1. The number of nitrogens with zero attached hydrogens (tertiary/aromatic N) is 2. The number of amides is 3. The van der Waals surface area contributed by atoms with E-state index < -0.39 is 53.6 Å². The van der Waals surface area contributed by atoms with Gasteiger partial charge in [-0.15, -0.1) is 0 Å². The van der Waals surface area contributed by atoms with Gasteiger partial charge >= 0.3 is 6.09 Å². The van der Waals surface area contributed by atoms with Gasteiger partial charge in [0.15, 0.2) is 0 Å². The molecule has 0 saturated carbocycles. The van der Waals surface area contributed by atoms with Crippen molar-refractivity contribution in [1.82, 2.24) is 15.1 Å². The molecule has 3 amide bonds. The van der Waals surface area contributed by atoms with Gasteiger partial charge < -0.3 is 34.4 Å². The minimum atomic E-state index is -1.06. The summed E-state index contributed by atoms with van der Waals surface area (Å²) in [5, 5.41) is 12.5. The van der Waals surface area contributed by atoms with E-state index in [1.165, 1.54) is 43.3 Å². The number of nitrogens with one attached hydrogen (secondary N) is 1. The van der Waals surface area contributed by atoms with E-state index in [1.807, 2.05) is 0 Å². The lowest BCUT2D eigenvalue weighted by Gasteiger charge is -2.31. The highest BCUT2D eigenvalue weighted by Gasteiger charge is 2.41. The molecule has 0 unspecified atom stereocenters. The Bertz CT molecular complexity index is 875. The number of aliphatic hydroxyl groups excluding tert-OH is 1. The molecule has 1 saturated heterocycles. The zero-order chi connectivity index (χ0) is 26.3. The third-order valence-electron chi connectivity index (χ3n) is 5.50. The van der Waals surface area contributed by atoms with Gasteiger partial charge in [-0.25, -0.2) is 9.18 Å². The summed E-state index contributed by atoms with van der Waals surface area (Å²) in [5.74, 6) is -0.961. The molecule has 1 heterocycles. The molecule has 1 aromatic carbocycles. The molecule has 0 spiro atoms. The Labute approximate surface area is 205 Å². The summed E-state index contributed by atoms with van der Waals surface area (Å²) in [6.07, 6.45) is -1.41. The Morgan fingerprint density at radius 1 is 1.26 bits per heavy atom. The van der Waals surface area contributed by atoms with Crippen LogP contribution in [0.4, 0.5) is 9.18 Å². The van der Waals surface area contributed by atoms with Crippen molar-refractivity contribution < 1.29 is 38.1 Å². The number of hydrogen-bond acceptors (Lipinski definition) is 7. The number of rotatable bonds is 9. The minimum Gasteiger partial charge on any atom is -0.489 e. The van der Waals surface area contributed by atoms with Crippen LogP contribution in [0, 0.1) is 5.82 Å². The molecule has 10 nitrogen and oxygen atoms in total. The van der Waals surface area contributed by atoms with E-state index in [-0.39, 0.29) is 19.7 Å². The molecular weight excluding hydrogens is 461 g/mol. The highest BCUT2D eigenvalue weighted by atomic mass is 19.1. The smallest absolute Gasteiger partial charge is 0.410 e. The summed E-state index contributed by atoms with van der Waals surface area (Å²) < 4.78 is 29.6. The van der Waals surface area contributed by atoms with Crippen molar-refractivity contribution in [2.75, 3.05) is 33.9 Å². The van der Waals surface area contributed by atoms with Crippen molar-refractivity contribution in [3.05, 3.63) is 30.1 Å². The van der Waals surface area contributed by atoms with Gasteiger partial charge in [0, 0.05) is 20.6 Å². The van der Waals surface area contributed by atoms with Crippen LogP contribution in [0.25, 0.3) is 0 Å². The maximum Gasteiger partial charge on any atom is 0.410 e. The summed E-state index contributed by atoms with van der Waals surface area (Å²) in [5.41, 5.74) is -0.716. The van der Waals surface area contributed by atoms with E-state index in [1.54, 1.807) is 27.7 Å². The van der Waals surface area contributed by atoms with Gasteiger partial charge in [-0.05, 0) is 52.0 Å². The predicted octanol–water partition coefficient (Wildman–Crippen LogP) is 1.55. The maximum atomic E-state index is 13.4. The zero-order valence-corrected chi connectivity index (χ0v) is 21.1. The lowest BCUT2D eigenvalue weighted by Crippen LogP contribution is -2.57. The first-order valence-electron chi connectivity index (χ1n) is 11.4. The lowest BCUT2D eigenvalue weighted by atomic mass is 10.1. The summed E-state index contributed by atoms with van der Waals surface area (Å²) in [6.45, 7) is 6.34. The first-order chi connectivity index (χ1) is 16.3. The number of halogens is 1. The summed E-state index contributed by atoms with van der Waals surface area (Å²) in [6, 6.07) is 3.95. The van der Waals surface area contributed by atoms with Crippen LogP contribution in [0.15, 0.2) is 24.3 Å². The number of carbonyl (C=O) groups excluding carboxylic acids is 3. The largest absolute Gasteiger partial charge is 0.489 e. The van der Waals surface area contributed by atoms with E-state index in [2.05, 4.69) is 5.32 Å². The van der Waals surface area contributed by atoms with Gasteiger partial charge in [-0.3, -0.25) is 9.59 Å². The van der Waals surface area contributed by atoms with Crippen molar-refractivity contribution in [3.63, 3.8) is 0 Å². The number of methoxy groups -OCH3 is 1. The van der Waals surface area contributed by atoms with Crippen LogP contribution in [0.2, 0.25) is 0 Å². The molecule has 0 bridgehead atoms. The number of likely N-dealkylation sites (N-methyl/N-ethyl adjacent to an activating group) is 1. The predicted molar refractivity (Wildman–Crippen MR) is 125 cm³/mol. The average molecular weight is 498 g/mol. The molecule has 0 radical (unpaired) electrons. The number of hydrogen-bond donors (Lipinski definition) is 2. The van der Waals surface area contributed by atoms with Crippen molar-refractivity contribution >= 4 is 17.9 Å². The van der Waals surface area contributed by atoms with Gasteiger partial charge in [0.05, 0.1) is 25.3 Å². The van der Waals surface area contributed by atoms with Crippen molar-refractivity contribution in [3.8, 4) is 5.75 Å². The number of ether oxygens (including phenoxy) is 3. The van der Waals surface area contributed by atoms with E-state index in [9.17, 15) is 23.9 Å². The van der Waals surface area contributed by atoms with Gasteiger partial charge in [-0.1, -0.05) is 0 Å². The quantitative estimate of drug-likeness (QED) is 0.532. The number of carbonyl (C=O) groups is 3. The number of aliphatic hydroxyl groups is 1. The van der Waals surface area contributed by atoms with E-state index in [0.29, 0.717) is 12.2 Å². The van der Waals surface area contributed by atoms with Gasteiger partial charge in [0.1, 0.15) is 35.9 Å². The van der Waals surface area contributed by atoms with E-state index in [4.69, 9.17) is 14.2 Å². The summed E-state index contributed by atoms with van der Waals surface area (Å²) in [4.78, 5) is 40.8. The molecule has 2 N–H and O–H groups in total. The average Bonchev–Trinajstić information content (AvgIpc) is 3.19. The van der Waals surface area contributed by atoms with Gasteiger partial charge in [0.2, 0.25) is 11.8 Å². The Morgan fingerprint density at radius 3 is 2.43 bits per heavy atom. The first kappa shape index (κ1) is 28.3. The molecule has 1 aromatic rings.